The molecule has 2 heterocycles. The third kappa shape index (κ3) is 2.28. The molecule has 1 saturated heterocycles. The summed E-state index contributed by atoms with van der Waals surface area (Å²) < 4.78 is 15.2. The zero-order valence-electron chi connectivity index (χ0n) is 10.1. The molecule has 2 rings (SSSR count). The van der Waals surface area contributed by atoms with Gasteiger partial charge in [0.1, 0.15) is 12.4 Å². The molecule has 0 saturated carbocycles. The number of hydrogen-bond donors (Lipinski definition) is 1. The smallest absolute Gasteiger partial charge is 0.331 e. The maximum atomic E-state index is 13.8. The SMILES string of the molecule is Cn1ncc([N+](=O)[O-])c1N1CCC[C@@H](N)[C@@H](F)C1. The molecular weight excluding hydrogens is 241 g/mol. The van der Waals surface area contributed by atoms with Crippen molar-refractivity contribution in [1.29, 1.82) is 0 Å². The zero-order valence-corrected chi connectivity index (χ0v) is 10.1. The van der Waals surface area contributed by atoms with Gasteiger partial charge in [-0.25, -0.2) is 9.07 Å². The molecule has 1 aromatic rings. The Morgan fingerprint density at radius 2 is 2.39 bits per heavy atom. The van der Waals surface area contributed by atoms with Crippen molar-refractivity contribution in [1.82, 2.24) is 9.78 Å². The molecule has 2 atom stereocenters. The molecule has 1 aromatic heterocycles. The molecule has 0 spiro atoms. The average molecular weight is 257 g/mol. The second-order valence-corrected chi connectivity index (χ2v) is 4.50. The Bertz CT molecular complexity index is 449. The van der Waals surface area contributed by atoms with Crippen molar-refractivity contribution < 1.29 is 9.31 Å². The van der Waals surface area contributed by atoms with E-state index in [1.54, 1.807) is 11.9 Å². The van der Waals surface area contributed by atoms with Crippen LogP contribution in [0.1, 0.15) is 12.8 Å². The predicted octanol–water partition coefficient (Wildman–Crippen LogP) is 0.594. The standard InChI is InChI=1S/C10H16FN5O2/c1-14-10(9(5-13-14)16(17)18)15-4-2-3-8(12)7(11)6-15/h5,7-8H,2-4,6,12H2,1H3/t7-,8+/m0/s1. The minimum absolute atomic E-state index is 0.0710. The largest absolute Gasteiger partial charge is 0.348 e. The zero-order chi connectivity index (χ0) is 13.3. The van der Waals surface area contributed by atoms with E-state index in [-0.39, 0.29) is 12.2 Å². The van der Waals surface area contributed by atoms with E-state index in [1.807, 2.05) is 0 Å². The average Bonchev–Trinajstić information content (AvgIpc) is 2.61. The van der Waals surface area contributed by atoms with E-state index in [9.17, 15) is 14.5 Å². The van der Waals surface area contributed by atoms with E-state index in [1.165, 1.54) is 10.9 Å². The van der Waals surface area contributed by atoms with Gasteiger partial charge in [-0.15, -0.1) is 0 Å². The van der Waals surface area contributed by atoms with E-state index in [2.05, 4.69) is 5.10 Å². The molecule has 18 heavy (non-hydrogen) atoms. The van der Waals surface area contributed by atoms with Crippen LogP contribution in [0.2, 0.25) is 0 Å². The number of rotatable bonds is 2. The molecule has 8 heteroatoms. The first-order chi connectivity index (χ1) is 8.50. The first kappa shape index (κ1) is 12.7. The summed E-state index contributed by atoms with van der Waals surface area (Å²) in [6.07, 6.45) is 1.31. The summed E-state index contributed by atoms with van der Waals surface area (Å²) in [6, 6.07) is -0.498. The van der Waals surface area contributed by atoms with E-state index >= 15 is 0 Å². The van der Waals surface area contributed by atoms with E-state index in [0.717, 1.165) is 0 Å². The minimum atomic E-state index is -1.18. The lowest BCUT2D eigenvalue weighted by atomic mass is 10.1. The maximum absolute atomic E-state index is 13.8. The fraction of sp³-hybridized carbons (Fsp3) is 0.700. The normalized spacial score (nSPS) is 24.9. The first-order valence-electron chi connectivity index (χ1n) is 5.81. The molecule has 1 aliphatic rings. The van der Waals surface area contributed by atoms with Crippen LogP contribution < -0.4 is 10.6 Å². The van der Waals surface area contributed by atoms with Gasteiger partial charge in [0.15, 0.2) is 0 Å². The number of anilines is 1. The van der Waals surface area contributed by atoms with Crippen molar-refractivity contribution in [3.8, 4) is 0 Å². The summed E-state index contributed by atoms with van der Waals surface area (Å²) in [5, 5.41) is 14.8. The number of alkyl halides is 1. The summed E-state index contributed by atoms with van der Waals surface area (Å²) in [5.41, 5.74) is 5.57. The van der Waals surface area contributed by atoms with E-state index < -0.39 is 17.1 Å². The fourth-order valence-corrected chi connectivity index (χ4v) is 2.24. The van der Waals surface area contributed by atoms with Gasteiger partial charge < -0.3 is 10.6 Å². The second-order valence-electron chi connectivity index (χ2n) is 4.50. The van der Waals surface area contributed by atoms with Crippen LogP contribution in [0, 0.1) is 10.1 Å². The number of nitro groups is 1. The van der Waals surface area contributed by atoms with Crippen LogP contribution >= 0.6 is 0 Å². The molecule has 0 unspecified atom stereocenters. The number of hydrogen-bond acceptors (Lipinski definition) is 5. The Balaban J connectivity index is 2.30. The van der Waals surface area contributed by atoms with Gasteiger partial charge in [-0.1, -0.05) is 0 Å². The van der Waals surface area contributed by atoms with Crippen LogP contribution in [-0.2, 0) is 7.05 Å². The van der Waals surface area contributed by atoms with Crippen LogP contribution in [0.4, 0.5) is 15.9 Å². The highest BCUT2D eigenvalue weighted by Crippen LogP contribution is 2.29. The predicted molar refractivity (Wildman–Crippen MR) is 64.2 cm³/mol. The lowest BCUT2D eigenvalue weighted by Gasteiger charge is -2.23. The molecule has 100 valence electrons. The third-order valence-corrected chi connectivity index (χ3v) is 3.21. The van der Waals surface area contributed by atoms with Crippen LogP contribution in [0.5, 0.6) is 0 Å². The van der Waals surface area contributed by atoms with Crippen LogP contribution in [-0.4, -0.2) is 40.0 Å². The van der Waals surface area contributed by atoms with Crippen molar-refractivity contribution in [2.75, 3.05) is 18.0 Å². The van der Waals surface area contributed by atoms with Gasteiger partial charge in [-0.3, -0.25) is 10.1 Å². The lowest BCUT2D eigenvalue weighted by Crippen LogP contribution is -2.38. The molecule has 0 amide bonds. The highest BCUT2D eigenvalue weighted by Gasteiger charge is 2.30. The van der Waals surface area contributed by atoms with Crippen molar-refractivity contribution >= 4 is 11.5 Å². The molecule has 1 fully saturated rings. The lowest BCUT2D eigenvalue weighted by molar-refractivity contribution is -0.384. The van der Waals surface area contributed by atoms with Gasteiger partial charge in [-0.05, 0) is 12.8 Å². The van der Waals surface area contributed by atoms with Crippen LogP contribution in [0.3, 0.4) is 0 Å². The van der Waals surface area contributed by atoms with Crippen molar-refractivity contribution in [2.45, 2.75) is 25.1 Å². The second kappa shape index (κ2) is 4.89. The van der Waals surface area contributed by atoms with Crippen molar-refractivity contribution in [3.05, 3.63) is 16.3 Å². The van der Waals surface area contributed by atoms with Crippen molar-refractivity contribution in [3.63, 3.8) is 0 Å². The van der Waals surface area contributed by atoms with E-state index in [0.29, 0.717) is 25.2 Å². The Kier molecular flexibility index (Phi) is 3.46. The quantitative estimate of drug-likeness (QED) is 0.618. The number of aryl methyl sites for hydroxylation is 1. The highest BCUT2D eigenvalue weighted by molar-refractivity contribution is 5.57. The first-order valence-corrected chi connectivity index (χ1v) is 5.81. The summed E-state index contributed by atoms with van der Waals surface area (Å²) in [5.74, 6) is 0.344. The third-order valence-electron chi connectivity index (χ3n) is 3.21. The number of halogens is 1. The Hall–Kier alpha value is -1.70. The van der Waals surface area contributed by atoms with Crippen LogP contribution in [0.25, 0.3) is 0 Å². The summed E-state index contributed by atoms with van der Waals surface area (Å²) in [4.78, 5) is 12.1. The Labute approximate surface area is 104 Å². The molecular formula is C10H16FN5O2. The van der Waals surface area contributed by atoms with Gasteiger partial charge in [0.25, 0.3) is 0 Å². The molecule has 0 aliphatic carbocycles. The van der Waals surface area contributed by atoms with Gasteiger partial charge >= 0.3 is 5.69 Å². The number of aromatic nitrogens is 2. The fourth-order valence-electron chi connectivity index (χ4n) is 2.24. The molecule has 0 bridgehead atoms. The molecule has 1 aliphatic heterocycles. The van der Waals surface area contributed by atoms with E-state index in [4.69, 9.17) is 5.73 Å². The van der Waals surface area contributed by atoms with Gasteiger partial charge in [0.2, 0.25) is 5.82 Å². The van der Waals surface area contributed by atoms with Gasteiger partial charge in [-0.2, -0.15) is 5.10 Å². The molecule has 0 aromatic carbocycles. The summed E-state index contributed by atoms with van der Waals surface area (Å²) >= 11 is 0. The highest BCUT2D eigenvalue weighted by atomic mass is 19.1. The molecule has 2 N–H and O–H groups in total. The summed E-state index contributed by atoms with van der Waals surface area (Å²) in [6.45, 7) is 0.621. The summed E-state index contributed by atoms with van der Waals surface area (Å²) in [7, 11) is 1.61. The molecule has 0 radical (unpaired) electrons. The number of nitrogens with two attached hydrogens (primary N) is 1. The van der Waals surface area contributed by atoms with Crippen LogP contribution in [0.15, 0.2) is 6.20 Å². The van der Waals surface area contributed by atoms with Gasteiger partial charge in [0.05, 0.1) is 11.5 Å². The monoisotopic (exact) mass is 257 g/mol. The van der Waals surface area contributed by atoms with Crippen molar-refractivity contribution in [2.24, 2.45) is 12.8 Å². The number of nitrogens with zero attached hydrogens (tertiary/aromatic N) is 4. The molecule has 7 nitrogen and oxygen atoms in total. The maximum Gasteiger partial charge on any atom is 0.331 e. The Morgan fingerprint density at radius 1 is 1.67 bits per heavy atom. The topological polar surface area (TPSA) is 90.2 Å². The minimum Gasteiger partial charge on any atom is -0.348 e. The van der Waals surface area contributed by atoms with Gasteiger partial charge in [0, 0.05) is 19.6 Å². The Morgan fingerprint density at radius 3 is 3.06 bits per heavy atom.